The minimum atomic E-state index is -0.621. The fourth-order valence-electron chi connectivity index (χ4n) is 1.88. The van der Waals surface area contributed by atoms with Gasteiger partial charge in [0.05, 0.1) is 5.69 Å². The summed E-state index contributed by atoms with van der Waals surface area (Å²) in [6.07, 6.45) is 1.95. The Hall–Kier alpha value is -2.21. The maximum Gasteiger partial charge on any atom is 0.269 e. The van der Waals surface area contributed by atoms with Gasteiger partial charge in [-0.25, -0.2) is 9.07 Å². The molecule has 1 atom stereocenters. The maximum atomic E-state index is 13.9. The van der Waals surface area contributed by atoms with Crippen LogP contribution in [0.3, 0.4) is 0 Å². The van der Waals surface area contributed by atoms with Crippen LogP contribution in [0.4, 0.5) is 4.39 Å². The van der Waals surface area contributed by atoms with Gasteiger partial charge < -0.3 is 11.5 Å². The molecule has 2 rings (SSSR count). The molecule has 1 heterocycles. The zero-order chi connectivity index (χ0) is 14.0. The molecule has 0 fully saturated rings. The van der Waals surface area contributed by atoms with Crippen LogP contribution in [0.15, 0.2) is 30.5 Å². The summed E-state index contributed by atoms with van der Waals surface area (Å²) >= 11 is 0. The van der Waals surface area contributed by atoms with Gasteiger partial charge in [0.15, 0.2) is 0 Å². The number of nitrogens with zero attached hydrogens (tertiary/aromatic N) is 2. The van der Waals surface area contributed by atoms with Crippen molar-refractivity contribution in [1.29, 1.82) is 0 Å². The molecule has 0 radical (unpaired) electrons. The minimum Gasteiger partial charge on any atom is -0.364 e. The second-order valence-corrected chi connectivity index (χ2v) is 4.43. The van der Waals surface area contributed by atoms with Crippen molar-refractivity contribution in [1.82, 2.24) is 9.78 Å². The lowest BCUT2D eigenvalue weighted by molar-refractivity contribution is 0.0995. The Kier molecular flexibility index (Phi) is 3.62. The highest BCUT2D eigenvalue weighted by Crippen LogP contribution is 2.19. The average molecular weight is 262 g/mol. The fourth-order valence-corrected chi connectivity index (χ4v) is 1.88. The minimum absolute atomic E-state index is 0.135. The summed E-state index contributed by atoms with van der Waals surface area (Å²) in [6.45, 7) is 1.80. The van der Waals surface area contributed by atoms with E-state index in [1.54, 1.807) is 25.3 Å². The van der Waals surface area contributed by atoms with E-state index < -0.39 is 5.91 Å². The Morgan fingerprint density at radius 3 is 2.79 bits per heavy atom. The van der Waals surface area contributed by atoms with Crippen LogP contribution in [0, 0.1) is 5.82 Å². The van der Waals surface area contributed by atoms with Gasteiger partial charge in [0.25, 0.3) is 5.91 Å². The topological polar surface area (TPSA) is 86.9 Å². The van der Waals surface area contributed by atoms with Crippen molar-refractivity contribution in [2.24, 2.45) is 11.5 Å². The van der Waals surface area contributed by atoms with Crippen LogP contribution in [0.2, 0.25) is 0 Å². The Bertz CT molecular complexity index is 606. The molecule has 19 heavy (non-hydrogen) atoms. The zero-order valence-corrected chi connectivity index (χ0v) is 10.5. The number of halogens is 1. The molecule has 4 N–H and O–H groups in total. The van der Waals surface area contributed by atoms with E-state index in [4.69, 9.17) is 11.5 Å². The molecule has 0 bridgehead atoms. The van der Waals surface area contributed by atoms with Gasteiger partial charge in [-0.1, -0.05) is 6.07 Å². The lowest BCUT2D eigenvalue weighted by atomic mass is 10.0. The molecule has 1 unspecified atom stereocenters. The first-order valence-electron chi connectivity index (χ1n) is 5.88. The molecule has 1 aromatic carbocycles. The van der Waals surface area contributed by atoms with E-state index in [0.717, 1.165) is 0 Å². The van der Waals surface area contributed by atoms with Crippen molar-refractivity contribution in [2.45, 2.75) is 19.4 Å². The molecule has 0 spiro atoms. The summed E-state index contributed by atoms with van der Waals surface area (Å²) in [5.41, 5.74) is 12.0. The molecule has 5 nitrogen and oxygen atoms in total. The van der Waals surface area contributed by atoms with Crippen LogP contribution in [-0.4, -0.2) is 21.7 Å². The number of primary amides is 1. The van der Waals surface area contributed by atoms with Gasteiger partial charge in [0.2, 0.25) is 0 Å². The second-order valence-electron chi connectivity index (χ2n) is 4.43. The lowest BCUT2D eigenvalue weighted by Crippen LogP contribution is -2.20. The smallest absolute Gasteiger partial charge is 0.269 e. The molecular formula is C13H15FN4O. The first kappa shape index (κ1) is 13.2. The summed E-state index contributed by atoms with van der Waals surface area (Å²) in [4.78, 5) is 11.0. The highest BCUT2D eigenvalue weighted by molar-refractivity contribution is 5.90. The van der Waals surface area contributed by atoms with Crippen molar-refractivity contribution < 1.29 is 9.18 Å². The first-order chi connectivity index (χ1) is 8.99. The van der Waals surface area contributed by atoms with Gasteiger partial charge >= 0.3 is 0 Å². The van der Waals surface area contributed by atoms with E-state index in [1.807, 2.05) is 0 Å². The standard InChI is InChI=1S/C13H15FN4O/c1-8(15)7-9-10(14)3-2-4-12(9)18-6-5-11(17-18)13(16)19/h2-6,8H,7,15H2,1H3,(H2,16,19). The molecule has 2 aromatic rings. The van der Waals surface area contributed by atoms with E-state index in [-0.39, 0.29) is 17.6 Å². The predicted octanol–water partition coefficient (Wildman–Crippen LogP) is 1.00. The predicted molar refractivity (Wildman–Crippen MR) is 69.4 cm³/mol. The number of benzene rings is 1. The number of aromatic nitrogens is 2. The number of carbonyl (C=O) groups is 1. The number of rotatable bonds is 4. The molecule has 0 aliphatic carbocycles. The summed E-state index contributed by atoms with van der Waals surface area (Å²) < 4.78 is 15.3. The SMILES string of the molecule is CC(N)Cc1c(F)cccc1-n1ccc(C(N)=O)n1. The molecule has 0 saturated carbocycles. The molecule has 0 aliphatic heterocycles. The van der Waals surface area contributed by atoms with Crippen molar-refractivity contribution in [3.8, 4) is 5.69 Å². The van der Waals surface area contributed by atoms with Crippen molar-refractivity contribution in [3.63, 3.8) is 0 Å². The third-order valence-electron chi connectivity index (χ3n) is 2.71. The summed E-state index contributed by atoms with van der Waals surface area (Å²) in [5.74, 6) is -0.963. The third kappa shape index (κ3) is 2.79. The van der Waals surface area contributed by atoms with Crippen LogP contribution in [-0.2, 0) is 6.42 Å². The van der Waals surface area contributed by atoms with E-state index >= 15 is 0 Å². The van der Waals surface area contributed by atoms with Crippen LogP contribution in [0.25, 0.3) is 5.69 Å². The highest BCUT2D eigenvalue weighted by Gasteiger charge is 2.14. The molecule has 100 valence electrons. The summed E-state index contributed by atoms with van der Waals surface area (Å²) in [7, 11) is 0. The highest BCUT2D eigenvalue weighted by atomic mass is 19.1. The van der Waals surface area contributed by atoms with E-state index in [9.17, 15) is 9.18 Å². The molecule has 1 amide bonds. The van der Waals surface area contributed by atoms with Crippen LogP contribution < -0.4 is 11.5 Å². The third-order valence-corrected chi connectivity index (χ3v) is 2.71. The number of carbonyl (C=O) groups excluding carboxylic acids is 1. The quantitative estimate of drug-likeness (QED) is 0.861. The molecule has 6 heteroatoms. The van der Waals surface area contributed by atoms with Gasteiger partial charge in [-0.05, 0) is 31.5 Å². The van der Waals surface area contributed by atoms with Gasteiger partial charge in [0, 0.05) is 17.8 Å². The fraction of sp³-hybridized carbons (Fsp3) is 0.231. The molecule has 0 aliphatic rings. The van der Waals surface area contributed by atoms with Gasteiger partial charge in [-0.3, -0.25) is 4.79 Å². The monoisotopic (exact) mass is 262 g/mol. The summed E-state index contributed by atoms with van der Waals surface area (Å²) in [6, 6.07) is 5.99. The van der Waals surface area contributed by atoms with Gasteiger partial charge in [-0.2, -0.15) is 5.10 Å². The number of hydrogen-bond donors (Lipinski definition) is 2. The Morgan fingerprint density at radius 1 is 1.47 bits per heavy atom. The molecule has 0 saturated heterocycles. The largest absolute Gasteiger partial charge is 0.364 e. The Balaban J connectivity index is 2.48. The first-order valence-corrected chi connectivity index (χ1v) is 5.88. The van der Waals surface area contributed by atoms with E-state index in [0.29, 0.717) is 17.7 Å². The van der Waals surface area contributed by atoms with Crippen molar-refractivity contribution in [2.75, 3.05) is 0 Å². The number of amides is 1. The molecular weight excluding hydrogens is 247 g/mol. The molecule has 1 aromatic heterocycles. The maximum absolute atomic E-state index is 13.9. The van der Waals surface area contributed by atoms with Crippen LogP contribution in [0.1, 0.15) is 23.0 Å². The Morgan fingerprint density at radius 2 is 2.21 bits per heavy atom. The van der Waals surface area contributed by atoms with E-state index in [2.05, 4.69) is 5.10 Å². The number of nitrogens with two attached hydrogens (primary N) is 2. The van der Waals surface area contributed by atoms with Gasteiger partial charge in [0.1, 0.15) is 11.5 Å². The van der Waals surface area contributed by atoms with Gasteiger partial charge in [-0.15, -0.1) is 0 Å². The van der Waals surface area contributed by atoms with Crippen molar-refractivity contribution >= 4 is 5.91 Å². The normalized spacial score (nSPS) is 12.4. The van der Waals surface area contributed by atoms with Crippen molar-refractivity contribution in [3.05, 3.63) is 47.5 Å². The van der Waals surface area contributed by atoms with E-state index in [1.165, 1.54) is 16.8 Å². The van der Waals surface area contributed by atoms with Crippen LogP contribution >= 0.6 is 0 Å². The average Bonchev–Trinajstić information content (AvgIpc) is 2.80. The zero-order valence-electron chi connectivity index (χ0n) is 10.5. The summed E-state index contributed by atoms with van der Waals surface area (Å²) in [5, 5.41) is 4.02. The lowest BCUT2D eigenvalue weighted by Gasteiger charge is -2.12. The Labute approximate surface area is 110 Å². The van der Waals surface area contributed by atoms with Crippen LogP contribution in [0.5, 0.6) is 0 Å². The number of hydrogen-bond acceptors (Lipinski definition) is 3. The second kappa shape index (κ2) is 5.19.